The smallest absolute Gasteiger partial charge is 0.361 e. The molecule has 5 aliphatic carbocycles. The first kappa shape index (κ1) is 28.2. The Balaban J connectivity index is 1.44. The molecule has 40 heavy (non-hydrogen) atoms. The minimum Gasteiger partial charge on any atom is -0.361 e. The maximum absolute atomic E-state index is 14.5. The van der Waals surface area contributed by atoms with Crippen molar-refractivity contribution in [3.05, 3.63) is 29.2 Å². The van der Waals surface area contributed by atoms with Crippen molar-refractivity contribution < 1.29 is 27.3 Å². The number of ketones is 2. The zero-order valence-corrected chi connectivity index (χ0v) is 24.8. The molecule has 6 rings (SSSR count). The number of hydrogen-bond acceptors (Lipinski definition) is 4. The lowest BCUT2D eigenvalue weighted by molar-refractivity contribution is -0.180. The Bertz CT molecular complexity index is 1280. The van der Waals surface area contributed by atoms with Crippen molar-refractivity contribution in [2.75, 3.05) is 0 Å². The maximum Gasteiger partial charge on any atom is 0.389 e. The fraction of sp³-hybridized carbons (Fsp3) is 0.788. The number of aromatic nitrogens is 1. The molecule has 0 amide bonds. The fourth-order valence-electron chi connectivity index (χ4n) is 10.9. The Morgan fingerprint density at radius 2 is 1.75 bits per heavy atom. The van der Waals surface area contributed by atoms with Crippen LogP contribution in [0.3, 0.4) is 0 Å². The van der Waals surface area contributed by atoms with Crippen LogP contribution in [0.1, 0.15) is 117 Å². The van der Waals surface area contributed by atoms with Crippen LogP contribution in [-0.2, 0) is 16.0 Å². The SMILES string of the molecule is C[C@@H]1c2oncc2C[C@]2(C)C3=CC(=O)[C@@H]4[C@@H]5CC(C)(C)CC[C@]5(C(=O)CCC(F)(F)F)CC[C@@]4(C)[C@]3(C)CC[C@@H]12. The molecule has 4 nitrogen and oxygen atoms in total. The highest BCUT2D eigenvalue weighted by Crippen LogP contribution is 2.74. The Kier molecular flexibility index (Phi) is 6.04. The van der Waals surface area contributed by atoms with Gasteiger partial charge >= 0.3 is 6.18 Å². The monoisotopic (exact) mass is 559 g/mol. The summed E-state index contributed by atoms with van der Waals surface area (Å²) in [5, 5.41) is 4.11. The molecule has 0 unspecified atom stereocenters. The van der Waals surface area contributed by atoms with Gasteiger partial charge in [-0.3, -0.25) is 9.59 Å². The number of rotatable bonds is 3. The Morgan fingerprint density at radius 3 is 2.45 bits per heavy atom. The van der Waals surface area contributed by atoms with E-state index in [-0.39, 0.29) is 51.0 Å². The molecule has 0 spiro atoms. The number of carbonyl (C=O) groups excluding carboxylic acids is 2. The van der Waals surface area contributed by atoms with Crippen molar-refractivity contribution in [1.29, 1.82) is 0 Å². The molecular formula is C33H44F3NO3. The third-order valence-electron chi connectivity index (χ3n) is 13.2. The van der Waals surface area contributed by atoms with E-state index in [0.717, 1.165) is 37.0 Å². The van der Waals surface area contributed by atoms with Crippen LogP contribution in [0, 0.1) is 44.8 Å². The molecule has 0 aliphatic heterocycles. The predicted octanol–water partition coefficient (Wildman–Crippen LogP) is 8.41. The number of halogens is 3. The van der Waals surface area contributed by atoms with Gasteiger partial charge in [0.25, 0.3) is 0 Å². The van der Waals surface area contributed by atoms with Crippen LogP contribution < -0.4 is 0 Å². The minimum absolute atomic E-state index is 0.0605. The number of Topliss-reactive ketones (excluding diaryl/α,β-unsaturated/α-hetero) is 1. The summed E-state index contributed by atoms with van der Waals surface area (Å²) in [4.78, 5) is 28.3. The molecule has 8 atom stereocenters. The van der Waals surface area contributed by atoms with E-state index < -0.39 is 24.4 Å². The predicted molar refractivity (Wildman–Crippen MR) is 145 cm³/mol. The molecule has 5 aliphatic rings. The highest BCUT2D eigenvalue weighted by Gasteiger charge is 2.70. The van der Waals surface area contributed by atoms with E-state index in [2.05, 4.69) is 46.7 Å². The highest BCUT2D eigenvalue weighted by atomic mass is 19.4. The van der Waals surface area contributed by atoms with Crippen molar-refractivity contribution in [2.24, 2.45) is 44.8 Å². The van der Waals surface area contributed by atoms with E-state index in [1.165, 1.54) is 5.57 Å². The first-order valence-corrected chi connectivity index (χ1v) is 15.3. The second-order valence-corrected chi connectivity index (χ2v) is 15.6. The summed E-state index contributed by atoms with van der Waals surface area (Å²) >= 11 is 0. The summed E-state index contributed by atoms with van der Waals surface area (Å²) in [5.74, 6) is 0.789. The number of carbonyl (C=O) groups is 2. The van der Waals surface area contributed by atoms with Gasteiger partial charge < -0.3 is 4.52 Å². The Hall–Kier alpha value is -1.92. The van der Waals surface area contributed by atoms with Crippen molar-refractivity contribution in [2.45, 2.75) is 118 Å². The molecule has 0 radical (unpaired) electrons. The average molecular weight is 560 g/mol. The molecule has 3 fully saturated rings. The van der Waals surface area contributed by atoms with E-state index in [4.69, 9.17) is 4.52 Å². The van der Waals surface area contributed by atoms with Crippen LogP contribution in [-0.4, -0.2) is 22.9 Å². The van der Waals surface area contributed by atoms with Crippen LogP contribution >= 0.6 is 0 Å². The van der Waals surface area contributed by atoms with E-state index in [1.54, 1.807) is 0 Å². The van der Waals surface area contributed by atoms with Gasteiger partial charge in [-0.25, -0.2) is 0 Å². The van der Waals surface area contributed by atoms with Crippen LogP contribution in [0.5, 0.6) is 0 Å². The summed E-state index contributed by atoms with van der Waals surface area (Å²) < 4.78 is 45.3. The summed E-state index contributed by atoms with van der Waals surface area (Å²) in [5.41, 5.74) is 0.695. The minimum atomic E-state index is -4.36. The molecule has 3 saturated carbocycles. The van der Waals surface area contributed by atoms with Gasteiger partial charge in [0.05, 0.1) is 12.6 Å². The molecule has 0 bridgehead atoms. The van der Waals surface area contributed by atoms with Gasteiger partial charge in [-0.1, -0.05) is 52.3 Å². The molecule has 7 heteroatoms. The standard InChI is InChI=1S/C33H44F3NO3/c1-19-21-7-9-30(5)24(29(21,4)16-20-18-37-40-27(19)20)15-23(38)26-22-17-28(2,3)11-13-32(22,14-12-31(26,30)6)25(39)8-10-33(34,35)36/h15,18-19,21-22,26H,7-14,16-17H2,1-6H3/t19-,21-,22-,26-,29-,30+,31+,32-/m0/s1. The quantitative estimate of drug-likeness (QED) is 0.373. The van der Waals surface area contributed by atoms with Gasteiger partial charge in [-0.2, -0.15) is 13.2 Å². The zero-order valence-electron chi connectivity index (χ0n) is 24.8. The van der Waals surface area contributed by atoms with Gasteiger partial charge in [0.1, 0.15) is 11.5 Å². The second-order valence-electron chi connectivity index (χ2n) is 15.6. The van der Waals surface area contributed by atoms with Crippen LogP contribution in [0.2, 0.25) is 0 Å². The lowest BCUT2D eigenvalue weighted by Crippen LogP contribution is -2.65. The summed E-state index contributed by atoms with van der Waals surface area (Å²) in [7, 11) is 0. The van der Waals surface area contributed by atoms with Gasteiger partial charge in [-0.05, 0) is 90.9 Å². The van der Waals surface area contributed by atoms with Gasteiger partial charge in [0.2, 0.25) is 0 Å². The van der Waals surface area contributed by atoms with Crippen molar-refractivity contribution >= 4 is 11.6 Å². The highest BCUT2D eigenvalue weighted by molar-refractivity contribution is 5.97. The zero-order chi connectivity index (χ0) is 29.1. The number of alkyl halides is 3. The lowest BCUT2D eigenvalue weighted by Gasteiger charge is -2.69. The van der Waals surface area contributed by atoms with E-state index in [0.29, 0.717) is 31.6 Å². The van der Waals surface area contributed by atoms with E-state index >= 15 is 0 Å². The molecule has 0 saturated heterocycles. The molecular weight excluding hydrogens is 515 g/mol. The third kappa shape index (κ3) is 3.73. The van der Waals surface area contributed by atoms with E-state index in [1.807, 2.05) is 12.3 Å². The topological polar surface area (TPSA) is 60.2 Å². The normalized spacial score (nSPS) is 43.9. The second kappa shape index (κ2) is 8.56. The lowest BCUT2D eigenvalue weighted by atomic mass is 9.34. The number of fused-ring (bicyclic) bond motifs is 8. The van der Waals surface area contributed by atoms with Crippen LogP contribution in [0.4, 0.5) is 13.2 Å². The van der Waals surface area contributed by atoms with Crippen molar-refractivity contribution in [3.63, 3.8) is 0 Å². The van der Waals surface area contributed by atoms with Gasteiger partial charge in [-0.15, -0.1) is 0 Å². The summed E-state index contributed by atoms with van der Waals surface area (Å²) in [6.45, 7) is 13.5. The Morgan fingerprint density at radius 1 is 1.05 bits per heavy atom. The van der Waals surface area contributed by atoms with E-state index in [9.17, 15) is 22.8 Å². The number of hydrogen-bond donors (Lipinski definition) is 0. The molecule has 220 valence electrons. The molecule has 0 aromatic carbocycles. The van der Waals surface area contributed by atoms with Crippen LogP contribution in [0.25, 0.3) is 0 Å². The van der Waals surface area contributed by atoms with Gasteiger partial charge in [0, 0.05) is 29.2 Å². The molecule has 1 aromatic rings. The fourth-order valence-corrected chi connectivity index (χ4v) is 10.9. The maximum atomic E-state index is 14.5. The van der Waals surface area contributed by atoms with Crippen molar-refractivity contribution in [1.82, 2.24) is 5.16 Å². The van der Waals surface area contributed by atoms with Gasteiger partial charge in [0.15, 0.2) is 5.78 Å². The number of nitrogens with zero attached hydrogens (tertiary/aromatic N) is 1. The molecule has 0 N–H and O–H groups in total. The van der Waals surface area contributed by atoms with Crippen molar-refractivity contribution in [3.8, 4) is 0 Å². The Labute approximate surface area is 235 Å². The molecule has 1 heterocycles. The van der Waals surface area contributed by atoms with Crippen LogP contribution in [0.15, 0.2) is 22.4 Å². The average Bonchev–Trinajstić information content (AvgIpc) is 3.31. The first-order chi connectivity index (χ1) is 18.5. The first-order valence-electron chi connectivity index (χ1n) is 15.3. The summed E-state index contributed by atoms with van der Waals surface area (Å²) in [6.07, 6.45) is 4.01. The third-order valence-corrected chi connectivity index (χ3v) is 13.2. The summed E-state index contributed by atoms with van der Waals surface area (Å²) in [6, 6.07) is 0. The largest absolute Gasteiger partial charge is 0.389 e. The number of allylic oxidation sites excluding steroid dienone is 2. The molecule has 1 aromatic heterocycles.